The van der Waals surface area contributed by atoms with Gasteiger partial charge in [-0.05, 0) is 30.3 Å². The molecule has 0 radical (unpaired) electrons. The average molecular weight is 372 g/mol. The Morgan fingerprint density at radius 3 is 2.76 bits per heavy atom. The Balaban J connectivity index is 1.92. The number of sulfonamides is 1. The lowest BCUT2D eigenvalue weighted by Crippen LogP contribution is -2.40. The maximum absolute atomic E-state index is 14.2. The fraction of sp³-hybridized carbons (Fsp3) is 0.375. The third-order valence-electron chi connectivity index (χ3n) is 4.24. The molecule has 25 heavy (non-hydrogen) atoms. The summed E-state index contributed by atoms with van der Waals surface area (Å²) in [5.41, 5.74) is -0.0556. The smallest absolute Gasteiger partial charge is 0.221 e. The summed E-state index contributed by atoms with van der Waals surface area (Å²) in [6, 6.07) is 5.33. The van der Waals surface area contributed by atoms with Crippen LogP contribution in [0, 0.1) is 11.6 Å². The van der Waals surface area contributed by atoms with Gasteiger partial charge in [-0.1, -0.05) is 0 Å². The van der Waals surface area contributed by atoms with E-state index in [0.29, 0.717) is 5.76 Å². The molecule has 1 aliphatic heterocycles. The van der Waals surface area contributed by atoms with E-state index in [0.717, 1.165) is 22.5 Å². The van der Waals surface area contributed by atoms with Gasteiger partial charge in [-0.25, -0.2) is 17.2 Å². The zero-order chi connectivity index (χ0) is 18.2. The standard InChI is InChI=1S/C16H18F2N2O4S/c1-19(9-12-4-3-7-23-12)25(21,22)15-10-24-20(2)16(15)13-8-11(17)5-6-14(13)18/h3-8,15-16H,9-10H2,1-2H3/t15-,16+/m1/s1. The molecule has 0 N–H and O–H groups in total. The Morgan fingerprint density at radius 1 is 1.32 bits per heavy atom. The summed E-state index contributed by atoms with van der Waals surface area (Å²) >= 11 is 0. The Labute approximate surface area is 144 Å². The number of benzene rings is 1. The monoisotopic (exact) mass is 372 g/mol. The highest BCUT2D eigenvalue weighted by molar-refractivity contribution is 7.89. The van der Waals surface area contributed by atoms with Crippen LogP contribution < -0.4 is 0 Å². The van der Waals surface area contributed by atoms with Gasteiger partial charge in [0, 0.05) is 19.7 Å². The summed E-state index contributed by atoms with van der Waals surface area (Å²) in [5, 5.41) is 0.176. The first-order valence-corrected chi connectivity index (χ1v) is 9.09. The van der Waals surface area contributed by atoms with Crippen LogP contribution in [0.3, 0.4) is 0 Å². The second-order valence-corrected chi connectivity index (χ2v) is 8.13. The molecule has 2 heterocycles. The highest BCUT2D eigenvalue weighted by Crippen LogP contribution is 2.36. The zero-order valence-electron chi connectivity index (χ0n) is 13.7. The van der Waals surface area contributed by atoms with Crippen molar-refractivity contribution in [3.8, 4) is 0 Å². The SMILES string of the molecule is CN1OC[C@@H](S(=O)(=O)N(C)Cc2ccco2)[C@@H]1c1cc(F)ccc1F. The van der Waals surface area contributed by atoms with Crippen LogP contribution in [0.1, 0.15) is 17.4 Å². The topological polar surface area (TPSA) is 63.0 Å². The van der Waals surface area contributed by atoms with E-state index in [4.69, 9.17) is 9.25 Å². The van der Waals surface area contributed by atoms with Crippen LogP contribution in [-0.2, 0) is 21.4 Å². The summed E-state index contributed by atoms with van der Waals surface area (Å²) < 4.78 is 59.9. The summed E-state index contributed by atoms with van der Waals surface area (Å²) in [7, 11) is -0.948. The van der Waals surface area contributed by atoms with Crippen molar-refractivity contribution in [3.05, 3.63) is 59.6 Å². The predicted octanol–water partition coefficient (Wildman–Crippen LogP) is 2.31. The normalized spacial score (nSPS) is 22.0. The quantitative estimate of drug-likeness (QED) is 0.806. The van der Waals surface area contributed by atoms with Gasteiger partial charge >= 0.3 is 0 Å². The van der Waals surface area contributed by atoms with Crippen molar-refractivity contribution in [1.29, 1.82) is 0 Å². The number of rotatable bonds is 5. The van der Waals surface area contributed by atoms with Crippen LogP contribution >= 0.6 is 0 Å². The fourth-order valence-corrected chi connectivity index (χ4v) is 4.57. The first kappa shape index (κ1) is 18.0. The van der Waals surface area contributed by atoms with Crippen LogP contribution in [0.5, 0.6) is 0 Å². The molecule has 1 aliphatic rings. The van der Waals surface area contributed by atoms with Crippen LogP contribution in [-0.4, -0.2) is 43.7 Å². The molecule has 1 aromatic heterocycles. The number of hydroxylamine groups is 2. The molecule has 0 aliphatic carbocycles. The van der Waals surface area contributed by atoms with Gasteiger partial charge in [-0.2, -0.15) is 9.37 Å². The van der Waals surface area contributed by atoms with Crippen LogP contribution in [0.2, 0.25) is 0 Å². The molecule has 0 spiro atoms. The second kappa shape index (κ2) is 6.83. The molecule has 2 atom stereocenters. The highest BCUT2D eigenvalue weighted by atomic mass is 32.2. The minimum Gasteiger partial charge on any atom is -0.468 e. The lowest BCUT2D eigenvalue weighted by molar-refractivity contribution is -0.111. The lowest BCUT2D eigenvalue weighted by Gasteiger charge is -2.26. The largest absolute Gasteiger partial charge is 0.468 e. The van der Waals surface area contributed by atoms with E-state index < -0.39 is 32.9 Å². The Hall–Kier alpha value is -1.81. The third kappa shape index (κ3) is 3.45. The molecule has 1 fully saturated rings. The molecule has 0 amide bonds. The van der Waals surface area contributed by atoms with Crippen LogP contribution in [0.15, 0.2) is 41.0 Å². The molecule has 0 unspecified atom stereocenters. The molecule has 1 saturated heterocycles. The zero-order valence-corrected chi connectivity index (χ0v) is 14.5. The Kier molecular flexibility index (Phi) is 4.92. The van der Waals surface area contributed by atoms with Gasteiger partial charge in [0.1, 0.15) is 22.6 Å². The maximum atomic E-state index is 14.2. The van der Waals surface area contributed by atoms with E-state index in [2.05, 4.69) is 0 Å². The Bertz CT molecular complexity index is 842. The number of nitrogens with zero attached hydrogens (tertiary/aromatic N) is 2. The number of halogens is 2. The molecular weight excluding hydrogens is 354 g/mol. The summed E-state index contributed by atoms with van der Waals surface area (Å²) in [6.45, 7) is -0.115. The van der Waals surface area contributed by atoms with Gasteiger partial charge in [-0.3, -0.25) is 4.84 Å². The first-order chi connectivity index (χ1) is 11.8. The van der Waals surface area contributed by atoms with Crippen molar-refractivity contribution in [3.63, 3.8) is 0 Å². The lowest BCUT2D eigenvalue weighted by atomic mass is 10.0. The minimum atomic E-state index is -3.86. The fourth-order valence-electron chi connectivity index (χ4n) is 2.93. The number of hydrogen-bond acceptors (Lipinski definition) is 5. The molecule has 0 saturated carbocycles. The van der Waals surface area contributed by atoms with Gasteiger partial charge in [0.2, 0.25) is 10.0 Å². The van der Waals surface area contributed by atoms with Crippen LogP contribution in [0.4, 0.5) is 8.78 Å². The van der Waals surface area contributed by atoms with E-state index in [1.165, 1.54) is 25.4 Å². The van der Waals surface area contributed by atoms with Gasteiger partial charge in [-0.15, -0.1) is 0 Å². The molecule has 1 aromatic carbocycles. The van der Waals surface area contributed by atoms with Crippen molar-refractivity contribution >= 4 is 10.0 Å². The second-order valence-electron chi connectivity index (χ2n) is 5.87. The molecular formula is C16H18F2N2O4S. The molecule has 136 valence electrons. The summed E-state index contributed by atoms with van der Waals surface area (Å²) in [6.07, 6.45) is 1.45. The molecule has 9 heteroatoms. The summed E-state index contributed by atoms with van der Waals surface area (Å²) in [5.74, 6) is -0.846. The van der Waals surface area contributed by atoms with E-state index in [1.54, 1.807) is 12.1 Å². The van der Waals surface area contributed by atoms with E-state index in [1.807, 2.05) is 0 Å². The van der Waals surface area contributed by atoms with E-state index in [-0.39, 0.29) is 18.7 Å². The average Bonchev–Trinajstić information content (AvgIpc) is 3.19. The van der Waals surface area contributed by atoms with E-state index in [9.17, 15) is 17.2 Å². The third-order valence-corrected chi connectivity index (χ3v) is 6.40. The van der Waals surface area contributed by atoms with Crippen molar-refractivity contribution in [1.82, 2.24) is 9.37 Å². The predicted molar refractivity (Wildman–Crippen MR) is 85.7 cm³/mol. The first-order valence-electron chi connectivity index (χ1n) is 7.59. The van der Waals surface area contributed by atoms with Gasteiger partial charge < -0.3 is 4.42 Å². The van der Waals surface area contributed by atoms with Gasteiger partial charge in [0.25, 0.3) is 0 Å². The van der Waals surface area contributed by atoms with Gasteiger partial charge in [0.15, 0.2) is 0 Å². The highest BCUT2D eigenvalue weighted by Gasteiger charge is 2.46. The summed E-state index contributed by atoms with van der Waals surface area (Å²) in [4.78, 5) is 5.31. The minimum absolute atomic E-state index is 0.0356. The van der Waals surface area contributed by atoms with Crippen molar-refractivity contribution in [2.75, 3.05) is 20.7 Å². The van der Waals surface area contributed by atoms with Crippen molar-refractivity contribution in [2.24, 2.45) is 0 Å². The number of furan rings is 1. The van der Waals surface area contributed by atoms with E-state index >= 15 is 0 Å². The van der Waals surface area contributed by atoms with Crippen molar-refractivity contribution < 1.29 is 26.5 Å². The van der Waals surface area contributed by atoms with Crippen LogP contribution in [0.25, 0.3) is 0 Å². The Morgan fingerprint density at radius 2 is 2.08 bits per heavy atom. The maximum Gasteiger partial charge on any atom is 0.221 e. The molecule has 6 nitrogen and oxygen atoms in total. The molecule has 2 aromatic rings. The molecule has 3 rings (SSSR count). The van der Waals surface area contributed by atoms with Gasteiger partial charge in [0.05, 0.1) is 25.5 Å². The van der Waals surface area contributed by atoms with Crippen molar-refractivity contribution in [2.45, 2.75) is 17.8 Å². The molecule has 0 bridgehead atoms. The number of hydrogen-bond donors (Lipinski definition) is 0.